The molecule has 0 aliphatic heterocycles. The second-order valence-corrected chi connectivity index (χ2v) is 5.89. The van der Waals surface area contributed by atoms with Crippen molar-refractivity contribution in [1.82, 2.24) is 10.2 Å². The lowest BCUT2D eigenvalue weighted by Crippen LogP contribution is -2.45. The second-order valence-electron chi connectivity index (χ2n) is 5.48. The van der Waals surface area contributed by atoms with Gasteiger partial charge in [0, 0.05) is 19.6 Å². The van der Waals surface area contributed by atoms with E-state index >= 15 is 0 Å². The predicted molar refractivity (Wildman–Crippen MR) is 79.0 cm³/mol. The maximum Gasteiger partial charge on any atom is 0.387 e. The number of ether oxygens (including phenoxy) is 1. The molecule has 0 fully saturated rings. The molecular formula is C14H21ClF2N2O2. The van der Waals surface area contributed by atoms with Crippen molar-refractivity contribution in [2.75, 3.05) is 27.2 Å². The topological polar surface area (TPSA) is 44.7 Å². The van der Waals surface area contributed by atoms with Gasteiger partial charge in [-0.3, -0.25) is 0 Å². The van der Waals surface area contributed by atoms with Crippen LogP contribution in [0.2, 0.25) is 5.02 Å². The molecule has 0 aliphatic rings. The number of nitrogens with one attached hydrogen (secondary N) is 1. The second kappa shape index (κ2) is 7.89. The number of alkyl halides is 2. The molecule has 0 saturated carbocycles. The molecule has 1 aromatic carbocycles. The van der Waals surface area contributed by atoms with Gasteiger partial charge in [-0.2, -0.15) is 8.78 Å². The van der Waals surface area contributed by atoms with E-state index in [1.54, 1.807) is 19.1 Å². The molecule has 0 heterocycles. The van der Waals surface area contributed by atoms with Crippen LogP contribution in [0.4, 0.5) is 8.78 Å². The normalized spacial score (nSPS) is 14.5. The van der Waals surface area contributed by atoms with Crippen LogP contribution >= 0.6 is 11.6 Å². The van der Waals surface area contributed by atoms with Gasteiger partial charge in [0.2, 0.25) is 0 Å². The fourth-order valence-corrected chi connectivity index (χ4v) is 2.31. The Morgan fingerprint density at radius 3 is 2.62 bits per heavy atom. The molecule has 1 aromatic rings. The van der Waals surface area contributed by atoms with Crippen LogP contribution in [0.5, 0.6) is 5.75 Å². The Labute approximate surface area is 128 Å². The van der Waals surface area contributed by atoms with E-state index in [0.717, 1.165) is 5.56 Å². The summed E-state index contributed by atoms with van der Waals surface area (Å²) in [5.41, 5.74) is -0.0336. The van der Waals surface area contributed by atoms with Crippen molar-refractivity contribution >= 4 is 11.6 Å². The summed E-state index contributed by atoms with van der Waals surface area (Å²) < 4.78 is 28.5. The van der Waals surface area contributed by atoms with Crippen LogP contribution < -0.4 is 10.1 Å². The largest absolute Gasteiger partial charge is 0.433 e. The lowest BCUT2D eigenvalue weighted by molar-refractivity contribution is -0.0498. The summed E-state index contributed by atoms with van der Waals surface area (Å²) >= 11 is 5.87. The summed E-state index contributed by atoms with van der Waals surface area (Å²) in [5, 5.41) is 13.4. The van der Waals surface area contributed by atoms with Gasteiger partial charge in [-0.05, 0) is 38.7 Å². The fraction of sp³-hybridized carbons (Fsp3) is 0.571. The van der Waals surface area contributed by atoms with E-state index in [1.807, 2.05) is 19.0 Å². The Bertz CT molecular complexity index is 457. The first-order valence-corrected chi connectivity index (χ1v) is 6.88. The number of nitrogens with zero attached hydrogens (tertiary/aromatic N) is 1. The summed E-state index contributed by atoms with van der Waals surface area (Å²) in [7, 11) is 3.77. The van der Waals surface area contributed by atoms with E-state index < -0.39 is 12.2 Å². The zero-order valence-corrected chi connectivity index (χ0v) is 13.1. The van der Waals surface area contributed by atoms with Crippen molar-refractivity contribution in [1.29, 1.82) is 0 Å². The van der Waals surface area contributed by atoms with Gasteiger partial charge in [0.15, 0.2) is 0 Å². The van der Waals surface area contributed by atoms with E-state index in [2.05, 4.69) is 10.1 Å². The number of aliphatic hydroxyl groups is 1. The number of hydrogen-bond donors (Lipinski definition) is 2. The maximum atomic E-state index is 12.1. The van der Waals surface area contributed by atoms with Crippen LogP contribution in [-0.2, 0) is 6.54 Å². The van der Waals surface area contributed by atoms with Gasteiger partial charge in [-0.15, -0.1) is 0 Å². The van der Waals surface area contributed by atoms with Crippen LogP contribution in [0.15, 0.2) is 18.2 Å². The Morgan fingerprint density at radius 2 is 2.10 bits per heavy atom. The zero-order valence-electron chi connectivity index (χ0n) is 12.4. The van der Waals surface area contributed by atoms with E-state index in [-0.39, 0.29) is 10.8 Å². The minimum atomic E-state index is -2.90. The summed E-state index contributed by atoms with van der Waals surface area (Å²) in [6.45, 7) is 0.248. The molecule has 0 saturated heterocycles. The molecule has 1 unspecified atom stereocenters. The zero-order chi connectivity index (χ0) is 16.0. The van der Waals surface area contributed by atoms with E-state index in [0.29, 0.717) is 19.6 Å². The van der Waals surface area contributed by atoms with Crippen molar-refractivity contribution < 1.29 is 18.6 Å². The third kappa shape index (κ3) is 7.04. The highest BCUT2D eigenvalue weighted by Gasteiger charge is 2.20. The number of likely N-dealkylation sites (N-methyl/N-ethyl adjacent to an activating group) is 1. The standard InChI is InChI=1S/C14H21ClF2N2O2/c1-14(20,9-19(2)3)8-18-7-10-4-5-12(11(15)6-10)21-13(16)17/h4-6,13,18,20H,7-9H2,1-3H3. The molecule has 4 nitrogen and oxygen atoms in total. The minimum Gasteiger partial charge on any atom is -0.433 e. The van der Waals surface area contributed by atoms with Crippen LogP contribution in [0.25, 0.3) is 0 Å². The number of benzene rings is 1. The highest BCUT2D eigenvalue weighted by Crippen LogP contribution is 2.26. The Hall–Kier alpha value is -0.950. The first kappa shape index (κ1) is 18.1. The van der Waals surface area contributed by atoms with Crippen molar-refractivity contribution in [2.45, 2.75) is 25.7 Å². The van der Waals surface area contributed by atoms with E-state index in [1.165, 1.54) is 6.07 Å². The Kier molecular flexibility index (Phi) is 6.80. The van der Waals surface area contributed by atoms with Crippen molar-refractivity contribution in [3.63, 3.8) is 0 Å². The number of rotatable bonds is 8. The predicted octanol–water partition coefficient (Wildman–Crippen LogP) is 2.34. The molecule has 7 heteroatoms. The van der Waals surface area contributed by atoms with Gasteiger partial charge in [0.1, 0.15) is 5.75 Å². The average Bonchev–Trinajstić information content (AvgIpc) is 2.30. The monoisotopic (exact) mass is 322 g/mol. The fourth-order valence-electron chi connectivity index (χ4n) is 2.06. The summed E-state index contributed by atoms with van der Waals surface area (Å²) in [5.74, 6) is -0.0463. The van der Waals surface area contributed by atoms with Gasteiger partial charge in [0.05, 0.1) is 10.6 Å². The smallest absolute Gasteiger partial charge is 0.387 e. The highest BCUT2D eigenvalue weighted by atomic mass is 35.5. The molecule has 0 spiro atoms. The molecular weight excluding hydrogens is 302 g/mol. The summed E-state index contributed by atoms with van der Waals surface area (Å²) in [4.78, 5) is 1.90. The van der Waals surface area contributed by atoms with Crippen LogP contribution in [-0.4, -0.2) is 49.4 Å². The van der Waals surface area contributed by atoms with Crippen LogP contribution in [0.1, 0.15) is 12.5 Å². The summed E-state index contributed by atoms with van der Waals surface area (Å²) in [6.07, 6.45) is 0. The summed E-state index contributed by atoms with van der Waals surface area (Å²) in [6, 6.07) is 4.62. The van der Waals surface area contributed by atoms with Gasteiger partial charge in [-0.1, -0.05) is 17.7 Å². The Balaban J connectivity index is 2.51. The molecule has 120 valence electrons. The number of hydrogen-bond acceptors (Lipinski definition) is 4. The lowest BCUT2D eigenvalue weighted by atomic mass is 10.1. The first-order valence-electron chi connectivity index (χ1n) is 6.51. The minimum absolute atomic E-state index is 0.0463. The molecule has 0 aliphatic carbocycles. The molecule has 0 radical (unpaired) electrons. The molecule has 0 bridgehead atoms. The van der Waals surface area contributed by atoms with Crippen LogP contribution in [0, 0.1) is 0 Å². The van der Waals surface area contributed by atoms with Gasteiger partial charge in [0.25, 0.3) is 0 Å². The van der Waals surface area contributed by atoms with Crippen molar-refractivity contribution in [2.24, 2.45) is 0 Å². The first-order chi connectivity index (χ1) is 9.69. The average molecular weight is 323 g/mol. The Morgan fingerprint density at radius 1 is 1.43 bits per heavy atom. The molecule has 0 amide bonds. The SMILES string of the molecule is CN(C)CC(C)(O)CNCc1ccc(OC(F)F)c(Cl)c1. The molecule has 21 heavy (non-hydrogen) atoms. The highest BCUT2D eigenvalue weighted by molar-refractivity contribution is 6.32. The van der Waals surface area contributed by atoms with E-state index in [4.69, 9.17) is 11.6 Å². The van der Waals surface area contributed by atoms with Crippen molar-refractivity contribution in [3.05, 3.63) is 28.8 Å². The van der Waals surface area contributed by atoms with Gasteiger partial charge >= 0.3 is 6.61 Å². The quantitative estimate of drug-likeness (QED) is 0.771. The molecule has 1 atom stereocenters. The van der Waals surface area contributed by atoms with Crippen LogP contribution in [0.3, 0.4) is 0 Å². The molecule has 2 N–H and O–H groups in total. The van der Waals surface area contributed by atoms with Crippen molar-refractivity contribution in [3.8, 4) is 5.75 Å². The van der Waals surface area contributed by atoms with Gasteiger partial charge in [-0.25, -0.2) is 0 Å². The maximum absolute atomic E-state index is 12.1. The van der Waals surface area contributed by atoms with Gasteiger partial charge < -0.3 is 20.1 Å². The molecule has 0 aromatic heterocycles. The van der Waals surface area contributed by atoms with E-state index in [9.17, 15) is 13.9 Å². The molecule has 1 rings (SSSR count). The third-order valence-electron chi connectivity index (χ3n) is 2.70. The third-order valence-corrected chi connectivity index (χ3v) is 3.00. The lowest BCUT2D eigenvalue weighted by Gasteiger charge is -2.27. The number of halogens is 3.